The van der Waals surface area contributed by atoms with Gasteiger partial charge in [-0.1, -0.05) is 20.8 Å². The van der Waals surface area contributed by atoms with E-state index in [1.165, 1.54) is 0 Å². The molecule has 0 aromatic rings. The first kappa shape index (κ1) is 15.8. The molecule has 1 aliphatic rings. The number of likely N-dealkylation sites (tertiary alicyclic amines) is 1. The number of carboxylic acids is 1. The van der Waals surface area contributed by atoms with Gasteiger partial charge in [0.1, 0.15) is 6.04 Å². The molecule has 2 N–H and O–H groups in total. The summed E-state index contributed by atoms with van der Waals surface area (Å²) in [5.41, 5.74) is -0.530. The predicted molar refractivity (Wildman–Crippen MR) is 71.0 cm³/mol. The third-order valence-electron chi connectivity index (χ3n) is 3.38. The molecule has 0 aliphatic carbocycles. The number of hydrogen-bond acceptors (Lipinski definition) is 3. The van der Waals surface area contributed by atoms with Crippen molar-refractivity contribution in [1.82, 2.24) is 10.2 Å². The second-order valence-electron chi connectivity index (χ2n) is 6.03. The van der Waals surface area contributed by atoms with E-state index in [0.717, 1.165) is 12.8 Å². The van der Waals surface area contributed by atoms with Gasteiger partial charge in [0.15, 0.2) is 0 Å². The maximum absolute atomic E-state index is 12.1. The first-order valence-corrected chi connectivity index (χ1v) is 6.56. The summed E-state index contributed by atoms with van der Waals surface area (Å²) >= 11 is 0. The molecule has 0 aromatic carbocycles. The van der Waals surface area contributed by atoms with Crippen LogP contribution in [0.1, 0.15) is 33.6 Å². The quantitative estimate of drug-likeness (QED) is 0.812. The maximum atomic E-state index is 12.1. The van der Waals surface area contributed by atoms with E-state index >= 15 is 0 Å². The summed E-state index contributed by atoms with van der Waals surface area (Å²) < 4.78 is 5.25. The van der Waals surface area contributed by atoms with Crippen LogP contribution < -0.4 is 5.32 Å². The van der Waals surface area contributed by atoms with Gasteiger partial charge >= 0.3 is 12.0 Å². The van der Waals surface area contributed by atoms with Crippen molar-refractivity contribution in [3.05, 3.63) is 0 Å². The summed E-state index contributed by atoms with van der Waals surface area (Å²) in [6.45, 7) is 6.53. The van der Waals surface area contributed by atoms with Crippen LogP contribution in [-0.4, -0.2) is 54.4 Å². The van der Waals surface area contributed by atoms with Gasteiger partial charge < -0.3 is 20.1 Å². The van der Waals surface area contributed by atoms with Crippen LogP contribution in [0.15, 0.2) is 0 Å². The number of rotatable bonds is 3. The monoisotopic (exact) mass is 272 g/mol. The number of urea groups is 1. The Kier molecular flexibility index (Phi) is 5.17. The van der Waals surface area contributed by atoms with Crippen molar-refractivity contribution in [2.45, 2.75) is 45.8 Å². The van der Waals surface area contributed by atoms with Crippen molar-refractivity contribution in [2.24, 2.45) is 5.41 Å². The Bertz CT molecular complexity index is 338. The van der Waals surface area contributed by atoms with Crippen LogP contribution in [-0.2, 0) is 9.53 Å². The molecule has 6 heteroatoms. The Balaban J connectivity index is 2.64. The van der Waals surface area contributed by atoms with Gasteiger partial charge in [-0.05, 0) is 18.3 Å². The zero-order chi connectivity index (χ0) is 14.6. The molecular formula is C13H24N2O4. The molecule has 1 aliphatic heterocycles. The number of ether oxygens (including phenoxy) is 1. The highest BCUT2D eigenvalue weighted by Gasteiger charge is 2.34. The number of methoxy groups -OCH3 is 1. The molecule has 0 aromatic heterocycles. The van der Waals surface area contributed by atoms with E-state index in [0.29, 0.717) is 13.1 Å². The highest BCUT2D eigenvalue weighted by atomic mass is 16.5. The lowest BCUT2D eigenvalue weighted by molar-refractivity contribution is -0.142. The van der Waals surface area contributed by atoms with Crippen LogP contribution in [0.4, 0.5) is 4.79 Å². The van der Waals surface area contributed by atoms with Gasteiger partial charge in [0.2, 0.25) is 0 Å². The maximum Gasteiger partial charge on any atom is 0.326 e. The molecule has 6 nitrogen and oxygen atoms in total. The van der Waals surface area contributed by atoms with Crippen LogP contribution in [0.5, 0.6) is 0 Å². The molecule has 0 spiro atoms. The van der Waals surface area contributed by atoms with Crippen LogP contribution in [0.25, 0.3) is 0 Å². The van der Waals surface area contributed by atoms with Gasteiger partial charge in [-0.25, -0.2) is 9.59 Å². The fourth-order valence-electron chi connectivity index (χ4n) is 2.18. The largest absolute Gasteiger partial charge is 0.480 e. The van der Waals surface area contributed by atoms with Crippen LogP contribution in [0.3, 0.4) is 0 Å². The van der Waals surface area contributed by atoms with Crippen molar-refractivity contribution in [3.8, 4) is 0 Å². The fourth-order valence-corrected chi connectivity index (χ4v) is 2.18. The first-order valence-electron chi connectivity index (χ1n) is 6.56. The number of carbonyl (C=O) groups is 2. The number of hydrogen-bond donors (Lipinski definition) is 2. The molecule has 110 valence electrons. The number of carbonyl (C=O) groups excluding carboxylic acids is 1. The zero-order valence-corrected chi connectivity index (χ0v) is 12.1. The molecule has 19 heavy (non-hydrogen) atoms. The first-order chi connectivity index (χ1) is 8.75. The highest BCUT2D eigenvalue weighted by Crippen LogP contribution is 2.20. The molecule has 1 rings (SSSR count). The van der Waals surface area contributed by atoms with Crippen molar-refractivity contribution in [1.29, 1.82) is 0 Å². The number of amides is 2. The van der Waals surface area contributed by atoms with E-state index in [-0.39, 0.29) is 12.1 Å². The van der Waals surface area contributed by atoms with E-state index in [4.69, 9.17) is 4.74 Å². The SMILES string of the molecule is COC1CCCN(C(=O)N[C@H](C(=O)O)C(C)(C)C)C1. The Labute approximate surface area is 114 Å². The summed E-state index contributed by atoms with van der Waals surface area (Å²) in [6, 6.07) is -1.23. The van der Waals surface area contributed by atoms with Gasteiger partial charge in [0.05, 0.1) is 6.10 Å². The Morgan fingerprint density at radius 3 is 2.53 bits per heavy atom. The van der Waals surface area contributed by atoms with E-state index in [1.807, 2.05) is 0 Å². The predicted octanol–water partition coefficient (Wildman–Crippen LogP) is 1.31. The van der Waals surface area contributed by atoms with Crippen LogP contribution >= 0.6 is 0 Å². The minimum absolute atomic E-state index is 0.0393. The van der Waals surface area contributed by atoms with Crippen LogP contribution in [0.2, 0.25) is 0 Å². The third kappa shape index (κ3) is 4.38. The Hall–Kier alpha value is -1.30. The zero-order valence-electron chi connectivity index (χ0n) is 12.1. The number of nitrogens with zero attached hydrogens (tertiary/aromatic N) is 1. The van der Waals surface area contributed by atoms with Gasteiger partial charge in [-0.2, -0.15) is 0 Å². The van der Waals surface area contributed by atoms with Gasteiger partial charge in [0, 0.05) is 20.2 Å². The second-order valence-corrected chi connectivity index (χ2v) is 6.03. The van der Waals surface area contributed by atoms with Gasteiger partial charge in [0.25, 0.3) is 0 Å². The lowest BCUT2D eigenvalue weighted by Crippen LogP contribution is -2.55. The Morgan fingerprint density at radius 2 is 2.05 bits per heavy atom. The standard InChI is InChI=1S/C13H24N2O4/c1-13(2,3)10(11(16)17)14-12(18)15-7-5-6-9(8-15)19-4/h9-10H,5-8H2,1-4H3,(H,14,18)(H,16,17)/t9?,10-/m1/s1. The van der Waals surface area contributed by atoms with Crippen molar-refractivity contribution < 1.29 is 19.4 Å². The Morgan fingerprint density at radius 1 is 1.42 bits per heavy atom. The smallest absolute Gasteiger partial charge is 0.326 e. The van der Waals surface area contributed by atoms with Crippen molar-refractivity contribution >= 4 is 12.0 Å². The molecule has 0 saturated carbocycles. The topological polar surface area (TPSA) is 78.9 Å². The van der Waals surface area contributed by atoms with E-state index in [2.05, 4.69) is 5.32 Å². The molecule has 0 bridgehead atoms. The minimum Gasteiger partial charge on any atom is -0.480 e. The van der Waals surface area contributed by atoms with E-state index in [9.17, 15) is 14.7 Å². The molecule has 2 amide bonds. The van der Waals surface area contributed by atoms with E-state index in [1.54, 1.807) is 32.8 Å². The van der Waals surface area contributed by atoms with Gasteiger partial charge in [-0.3, -0.25) is 0 Å². The molecule has 1 saturated heterocycles. The van der Waals surface area contributed by atoms with Crippen molar-refractivity contribution in [3.63, 3.8) is 0 Å². The lowest BCUT2D eigenvalue weighted by atomic mass is 9.87. The number of carboxylic acid groups (broad SMARTS) is 1. The van der Waals surface area contributed by atoms with Crippen LogP contribution in [0, 0.1) is 5.41 Å². The molecular weight excluding hydrogens is 248 g/mol. The van der Waals surface area contributed by atoms with Crippen molar-refractivity contribution in [2.75, 3.05) is 20.2 Å². The molecule has 0 radical (unpaired) electrons. The molecule has 1 unspecified atom stereocenters. The minimum atomic E-state index is -1.01. The fraction of sp³-hybridized carbons (Fsp3) is 0.846. The summed E-state index contributed by atoms with van der Waals surface area (Å²) in [5.74, 6) is -1.01. The summed E-state index contributed by atoms with van der Waals surface area (Å²) in [6.07, 6.45) is 1.85. The average Bonchev–Trinajstić information content (AvgIpc) is 2.33. The summed E-state index contributed by atoms with van der Waals surface area (Å²) in [7, 11) is 1.63. The normalized spacial score (nSPS) is 21.9. The average molecular weight is 272 g/mol. The number of piperidine rings is 1. The number of aliphatic carboxylic acids is 1. The summed E-state index contributed by atoms with van der Waals surface area (Å²) in [4.78, 5) is 25.0. The summed E-state index contributed by atoms with van der Waals surface area (Å²) in [5, 5.41) is 11.8. The van der Waals surface area contributed by atoms with Gasteiger partial charge in [-0.15, -0.1) is 0 Å². The molecule has 1 heterocycles. The third-order valence-corrected chi connectivity index (χ3v) is 3.38. The van der Waals surface area contributed by atoms with E-state index < -0.39 is 17.4 Å². The highest BCUT2D eigenvalue weighted by molar-refractivity contribution is 5.83. The number of nitrogens with one attached hydrogen (secondary N) is 1. The molecule has 1 fully saturated rings. The molecule has 2 atom stereocenters. The second kappa shape index (κ2) is 6.23. The lowest BCUT2D eigenvalue weighted by Gasteiger charge is -2.35.